The van der Waals surface area contributed by atoms with E-state index in [-0.39, 0.29) is 73.0 Å². The lowest BCUT2D eigenvalue weighted by Crippen LogP contribution is -2.49. The maximum atomic E-state index is 13.3. The number of hydrogen-bond donors (Lipinski definition) is 2. The van der Waals surface area contributed by atoms with Crippen LogP contribution in [0.15, 0.2) is 97.1 Å². The summed E-state index contributed by atoms with van der Waals surface area (Å²) in [5.41, 5.74) is -0.191. The van der Waals surface area contributed by atoms with Gasteiger partial charge >= 0.3 is 18.3 Å². The fourth-order valence-corrected chi connectivity index (χ4v) is 9.56. The Hall–Kier alpha value is -6.99. The number of piperidine rings is 2. The van der Waals surface area contributed by atoms with E-state index in [9.17, 15) is 60.2 Å². The summed E-state index contributed by atoms with van der Waals surface area (Å²) in [4.78, 5) is 83.3. The minimum absolute atomic E-state index is 0. The number of nitrogens with one attached hydrogen (secondary N) is 1. The largest absolute Gasteiger partial charge is 0.478 e. The van der Waals surface area contributed by atoms with Crippen LogP contribution >= 0.6 is 12.4 Å². The van der Waals surface area contributed by atoms with Gasteiger partial charge in [-0.05, 0) is 123 Å². The van der Waals surface area contributed by atoms with Crippen LogP contribution < -0.4 is 15.1 Å². The summed E-state index contributed by atoms with van der Waals surface area (Å²) in [6.45, 7) is 0.991. The molecule has 384 valence electrons. The van der Waals surface area contributed by atoms with Gasteiger partial charge in [-0.3, -0.25) is 24.0 Å². The summed E-state index contributed by atoms with van der Waals surface area (Å²) < 4.78 is 79.1. The molecule has 0 aliphatic carbocycles. The van der Waals surface area contributed by atoms with Gasteiger partial charge in [0.25, 0.3) is 5.91 Å². The lowest BCUT2D eigenvalue weighted by atomic mass is 9.73. The average molecular weight is 1030 g/mol. The van der Waals surface area contributed by atoms with Crippen LogP contribution in [0.4, 0.5) is 37.7 Å². The first kappa shape index (κ1) is 55.9. The summed E-state index contributed by atoms with van der Waals surface area (Å²) in [5.74, 6) is -2.34. The van der Waals surface area contributed by atoms with Crippen LogP contribution in [0.1, 0.15) is 79.8 Å². The molecule has 2 N–H and O–H groups in total. The number of anilines is 2. The minimum Gasteiger partial charge on any atom is -0.478 e. The molecule has 0 bridgehead atoms. The molecule has 8 rings (SSSR count). The summed E-state index contributed by atoms with van der Waals surface area (Å²) in [6.07, 6.45) is -3.14. The molecule has 4 heterocycles. The highest BCUT2D eigenvalue weighted by Crippen LogP contribution is 2.49. The van der Waals surface area contributed by atoms with Crippen molar-refractivity contribution in [1.29, 1.82) is 0 Å². The van der Waals surface area contributed by atoms with E-state index < -0.39 is 52.1 Å². The molecule has 4 aliphatic rings. The fourth-order valence-electron chi connectivity index (χ4n) is 9.56. The highest BCUT2D eigenvalue weighted by Gasteiger charge is 2.53. The highest BCUT2D eigenvalue weighted by molar-refractivity contribution is 6.10. The van der Waals surface area contributed by atoms with Crippen LogP contribution in [-0.2, 0) is 42.4 Å². The minimum atomic E-state index is -4.53. The molecule has 5 amide bonds. The van der Waals surface area contributed by atoms with Gasteiger partial charge < -0.3 is 34.9 Å². The van der Waals surface area contributed by atoms with E-state index in [4.69, 9.17) is 0 Å². The van der Waals surface area contributed by atoms with Gasteiger partial charge in [0, 0.05) is 83.5 Å². The van der Waals surface area contributed by atoms with Gasteiger partial charge in [0.2, 0.25) is 23.6 Å². The SMILES string of the molecule is CN(C)C(=O)c1ccc2c(c1)C1(CCN(C(=O)/C=C/c3ccccc3C(F)(F)F)CC1)C(=O)N2C.CN1C(=O)C2(CCN(C(=O)/C=C/c3ccccc3C(F)(F)F)CC2)c2cc(C(=O)O)ccc21.CNC.Cl. The quantitative estimate of drug-likeness (QED) is 0.145. The van der Waals surface area contributed by atoms with E-state index >= 15 is 0 Å². The number of likely N-dealkylation sites (tertiary alicyclic amines) is 2. The van der Waals surface area contributed by atoms with Gasteiger partial charge in [0.15, 0.2) is 0 Å². The number of carboxylic acids is 1. The third-order valence-corrected chi connectivity index (χ3v) is 13.3. The highest BCUT2D eigenvalue weighted by atomic mass is 35.5. The molecule has 2 spiro atoms. The second kappa shape index (κ2) is 22.2. The molecule has 2 fully saturated rings. The van der Waals surface area contributed by atoms with Crippen molar-refractivity contribution >= 4 is 71.4 Å². The normalized spacial score (nSPS) is 16.7. The number of rotatable bonds is 6. The van der Waals surface area contributed by atoms with Crippen molar-refractivity contribution in [3.8, 4) is 0 Å². The standard InChI is InChI=1S/C26H26F3N3O3.C24H21F3N2O4.C2H7N.ClH/c1-30(2)23(34)18-8-10-21-20(16-18)25(24(35)31(21)3)12-14-32(15-13-25)22(33)11-9-17-6-4-5-7-19(17)26(27,28)29;1-28-19-8-6-16(21(31)32)14-18(19)23(22(28)33)10-12-29(13-11-23)20(30)9-7-15-4-2-3-5-17(15)24(25,26)27;1-3-2;/h4-11,16H,12-15H2,1-3H3;2-9,14H,10-13H2,1H3,(H,31,32);3H,1-2H3;1H/b11-9+;9-7+;;. The van der Waals surface area contributed by atoms with Crippen molar-refractivity contribution < 1.29 is 60.2 Å². The van der Waals surface area contributed by atoms with Gasteiger partial charge in [-0.25, -0.2) is 4.79 Å². The number of nitrogens with zero attached hydrogens (tertiary/aromatic N) is 5. The number of carbonyl (C=O) groups excluding carboxylic acids is 5. The van der Waals surface area contributed by atoms with Crippen molar-refractivity contribution in [2.75, 3.05) is 78.3 Å². The van der Waals surface area contributed by atoms with Crippen molar-refractivity contribution in [2.45, 2.75) is 48.9 Å². The van der Waals surface area contributed by atoms with Gasteiger partial charge in [0.05, 0.1) is 27.5 Å². The number of aromatic carboxylic acids is 1. The Kier molecular flexibility index (Phi) is 17.2. The maximum Gasteiger partial charge on any atom is 0.416 e. The second-order valence-electron chi connectivity index (χ2n) is 17.8. The number of carbonyl (C=O) groups is 6. The molecule has 4 aromatic carbocycles. The molecule has 0 radical (unpaired) electrons. The first-order chi connectivity index (χ1) is 33.4. The summed E-state index contributed by atoms with van der Waals surface area (Å²) in [5, 5.41) is 12.1. The van der Waals surface area contributed by atoms with E-state index in [1.807, 2.05) is 14.1 Å². The molecule has 0 unspecified atom stereocenters. The Balaban J connectivity index is 0.000000251. The number of amides is 5. The third-order valence-electron chi connectivity index (χ3n) is 13.3. The number of benzene rings is 4. The zero-order valence-electron chi connectivity index (χ0n) is 40.4. The maximum absolute atomic E-state index is 13.3. The fraction of sp³-hybridized carbons (Fsp3) is 0.346. The van der Waals surface area contributed by atoms with Crippen molar-refractivity contribution in [2.24, 2.45) is 0 Å². The molecule has 4 aromatic rings. The van der Waals surface area contributed by atoms with E-state index in [1.54, 1.807) is 57.4 Å². The average Bonchev–Trinajstić information content (AvgIpc) is 3.66. The van der Waals surface area contributed by atoms with Crippen LogP contribution in [0.5, 0.6) is 0 Å². The number of hydrogen-bond acceptors (Lipinski definition) is 7. The number of likely N-dealkylation sites (N-methyl/N-ethyl adjacent to an activating group) is 2. The molecule has 13 nitrogen and oxygen atoms in total. The molecule has 0 atom stereocenters. The van der Waals surface area contributed by atoms with E-state index in [0.29, 0.717) is 42.5 Å². The molecule has 4 aliphatic heterocycles. The lowest BCUT2D eigenvalue weighted by Gasteiger charge is -2.38. The monoisotopic (exact) mass is 1020 g/mol. The predicted octanol–water partition coefficient (Wildman–Crippen LogP) is 8.17. The number of alkyl halides is 6. The topological polar surface area (TPSA) is 151 Å². The summed E-state index contributed by atoms with van der Waals surface area (Å²) in [6, 6.07) is 19.9. The Bertz CT molecular complexity index is 2780. The summed E-state index contributed by atoms with van der Waals surface area (Å²) >= 11 is 0. The lowest BCUT2D eigenvalue weighted by molar-refractivity contribution is -0.138. The molecule has 20 heteroatoms. The van der Waals surface area contributed by atoms with E-state index in [0.717, 1.165) is 41.6 Å². The van der Waals surface area contributed by atoms with Crippen LogP contribution in [0, 0.1) is 0 Å². The van der Waals surface area contributed by atoms with Gasteiger partial charge in [-0.15, -0.1) is 12.4 Å². The molecule has 0 saturated carbocycles. The number of fused-ring (bicyclic) bond motifs is 4. The van der Waals surface area contributed by atoms with Crippen LogP contribution in [0.2, 0.25) is 0 Å². The van der Waals surface area contributed by atoms with Crippen molar-refractivity contribution in [1.82, 2.24) is 20.0 Å². The van der Waals surface area contributed by atoms with Gasteiger partial charge in [-0.2, -0.15) is 26.3 Å². The zero-order valence-corrected chi connectivity index (χ0v) is 41.2. The van der Waals surface area contributed by atoms with Crippen molar-refractivity contribution in [3.63, 3.8) is 0 Å². The Morgan fingerprint density at radius 3 is 1.31 bits per heavy atom. The molecular weight excluding hydrogens is 970 g/mol. The van der Waals surface area contributed by atoms with E-state index in [1.165, 1.54) is 74.2 Å². The summed E-state index contributed by atoms with van der Waals surface area (Å²) in [7, 11) is 10.4. The van der Waals surface area contributed by atoms with Crippen LogP contribution in [0.3, 0.4) is 0 Å². The molecular formula is C52H55ClF6N6O7. The zero-order chi connectivity index (χ0) is 52.2. The number of halogens is 7. The number of carboxylic acid groups (broad SMARTS) is 1. The Morgan fingerprint density at radius 1 is 0.611 bits per heavy atom. The Labute approximate surface area is 419 Å². The van der Waals surface area contributed by atoms with Gasteiger partial charge in [0.1, 0.15) is 0 Å². The molecule has 2 saturated heterocycles. The first-order valence-corrected chi connectivity index (χ1v) is 22.6. The predicted molar refractivity (Wildman–Crippen MR) is 263 cm³/mol. The van der Waals surface area contributed by atoms with Gasteiger partial charge in [-0.1, -0.05) is 36.4 Å². The second-order valence-corrected chi connectivity index (χ2v) is 17.8. The van der Waals surface area contributed by atoms with Crippen LogP contribution in [0.25, 0.3) is 12.2 Å². The van der Waals surface area contributed by atoms with Crippen molar-refractivity contribution in [3.05, 3.63) is 142 Å². The smallest absolute Gasteiger partial charge is 0.416 e. The molecule has 0 aromatic heterocycles. The first-order valence-electron chi connectivity index (χ1n) is 22.6. The van der Waals surface area contributed by atoms with Crippen LogP contribution in [-0.4, -0.2) is 124 Å². The Morgan fingerprint density at radius 2 is 0.958 bits per heavy atom. The molecule has 72 heavy (non-hydrogen) atoms. The van der Waals surface area contributed by atoms with E-state index in [2.05, 4.69) is 5.32 Å². The third kappa shape index (κ3) is 11.2.